The Labute approximate surface area is 373 Å². The van der Waals surface area contributed by atoms with Gasteiger partial charge in [0.15, 0.2) is 0 Å². The second-order valence-electron chi connectivity index (χ2n) is 18.6. The summed E-state index contributed by atoms with van der Waals surface area (Å²) in [6.45, 7) is 24.1. The maximum atomic E-state index is 14.0. The predicted molar refractivity (Wildman–Crippen MR) is 251 cm³/mol. The van der Waals surface area contributed by atoms with Gasteiger partial charge >= 0.3 is 6.09 Å². The molecule has 2 aromatic carbocycles. The van der Waals surface area contributed by atoms with E-state index in [0.717, 1.165) is 17.9 Å². The number of halogens is 4. The number of anilines is 4. The maximum Gasteiger partial charge on any atom is 0.413 e. The number of rotatable bonds is 8. The molecule has 2 aromatic heterocycles. The van der Waals surface area contributed by atoms with Crippen LogP contribution in [-0.2, 0) is 4.74 Å². The Morgan fingerprint density at radius 3 is 1.51 bits per heavy atom. The van der Waals surface area contributed by atoms with E-state index in [2.05, 4.69) is 83.0 Å². The number of nitrogens with two attached hydrogens (primary N) is 1. The fourth-order valence-corrected chi connectivity index (χ4v) is 7.98. The van der Waals surface area contributed by atoms with Crippen LogP contribution in [0, 0.1) is 23.3 Å². The van der Waals surface area contributed by atoms with Crippen molar-refractivity contribution in [3.05, 3.63) is 96.3 Å². The number of hydrogen-bond donors (Lipinski definition) is 3. The van der Waals surface area contributed by atoms with Crippen LogP contribution in [0.15, 0.2) is 73.1 Å². The Morgan fingerprint density at radius 1 is 0.698 bits per heavy atom. The Hall–Kier alpha value is -4.88. The number of ether oxygens (including phenoxy) is 1. The third-order valence-electron chi connectivity index (χ3n) is 11.8. The number of nitrogen functional groups attached to an aromatic ring is 1. The number of carbonyl (C=O) groups excluding carboxylic acids is 1. The molecule has 6 rings (SSSR count). The van der Waals surface area contributed by atoms with Crippen molar-refractivity contribution in [2.24, 2.45) is 0 Å². The Balaban J connectivity index is 0.000000283. The highest BCUT2D eigenvalue weighted by molar-refractivity contribution is 6.75. The molecule has 0 aliphatic carbocycles. The van der Waals surface area contributed by atoms with Crippen LogP contribution in [0.5, 0.6) is 11.5 Å². The summed E-state index contributed by atoms with van der Waals surface area (Å²) in [5, 5.41) is 12.2. The molecule has 11 nitrogen and oxygen atoms in total. The van der Waals surface area contributed by atoms with Gasteiger partial charge in [-0.3, -0.25) is 5.32 Å². The van der Waals surface area contributed by atoms with Gasteiger partial charge in [-0.1, -0.05) is 49.0 Å². The summed E-state index contributed by atoms with van der Waals surface area (Å²) in [5.74, 6) is 0.107. The zero-order valence-electron chi connectivity index (χ0n) is 37.7. The van der Waals surface area contributed by atoms with Gasteiger partial charge < -0.3 is 34.2 Å². The first kappa shape index (κ1) is 52.5. The molecule has 1 amide bonds. The molecule has 4 N–H and O–H groups in total. The Bertz CT molecular complexity index is 2050. The van der Waals surface area contributed by atoms with Crippen molar-refractivity contribution in [2.75, 3.05) is 47.0 Å². The topological polar surface area (TPSA) is 135 Å². The molecule has 17 heteroatoms. The van der Waals surface area contributed by atoms with Crippen LogP contribution in [0.25, 0.3) is 0 Å². The third kappa shape index (κ3) is 15.7. The number of amides is 1. The van der Waals surface area contributed by atoms with Gasteiger partial charge in [-0.05, 0) is 97.6 Å². The van der Waals surface area contributed by atoms with E-state index in [4.69, 9.17) is 19.3 Å². The van der Waals surface area contributed by atoms with Crippen molar-refractivity contribution >= 4 is 45.7 Å². The molecule has 0 spiro atoms. The van der Waals surface area contributed by atoms with Gasteiger partial charge in [0.25, 0.3) is 16.6 Å². The minimum Gasteiger partial charge on any atom is -0.542 e. The molecular formula is C46H68F4N6O5Si2. The highest BCUT2D eigenvalue weighted by Gasteiger charge is 2.40. The highest BCUT2D eigenvalue weighted by atomic mass is 28.4. The van der Waals surface area contributed by atoms with E-state index in [0.29, 0.717) is 80.6 Å². The lowest BCUT2D eigenvalue weighted by Crippen LogP contribution is -2.43. The number of aliphatic hydroxyl groups excluding tert-OH is 1. The number of aliphatic hydroxyl groups is 1. The lowest BCUT2D eigenvalue weighted by Gasteiger charge is -2.36. The summed E-state index contributed by atoms with van der Waals surface area (Å²) in [6, 6.07) is 14.3. The molecule has 4 aromatic rings. The summed E-state index contributed by atoms with van der Waals surface area (Å²) in [5.41, 5.74) is 6.30. The van der Waals surface area contributed by atoms with Gasteiger partial charge in [-0.2, -0.15) is 0 Å². The first-order chi connectivity index (χ1) is 28.8. The lowest BCUT2D eigenvalue weighted by atomic mass is 10.1. The van der Waals surface area contributed by atoms with Crippen molar-refractivity contribution < 1.29 is 41.1 Å². The molecular weight excluding hydrogens is 849 g/mol. The van der Waals surface area contributed by atoms with Gasteiger partial charge in [0.1, 0.15) is 52.5 Å². The van der Waals surface area contributed by atoms with Crippen molar-refractivity contribution in [2.45, 2.75) is 123 Å². The number of piperidine rings is 2. The van der Waals surface area contributed by atoms with Crippen molar-refractivity contribution in [1.29, 1.82) is 0 Å². The fourth-order valence-electron chi connectivity index (χ4n) is 5.94. The quantitative estimate of drug-likeness (QED) is 0.116. The molecule has 0 atom stereocenters. The lowest BCUT2D eigenvalue weighted by molar-refractivity contribution is 0.0949. The summed E-state index contributed by atoms with van der Waals surface area (Å²) in [7, 11) is -3.70. The van der Waals surface area contributed by atoms with Crippen molar-refractivity contribution in [3.8, 4) is 11.5 Å². The SMILES string of the molecule is C.CC(C)(C)[Si](C)(C)Oc1ccc(N)nc1.CC(C)(C)[Si](C)(C)Oc1ccc(NC(=O)OC2CCN(c3ccc(F)cc3F)CC2)nc1.OC1CCN(c2ccc(F)cc2F)CC1. The monoisotopic (exact) mass is 916 g/mol. The van der Waals surface area contributed by atoms with Crippen molar-refractivity contribution in [3.63, 3.8) is 0 Å². The predicted octanol–water partition coefficient (Wildman–Crippen LogP) is 11.6. The number of hydrogen-bond acceptors (Lipinski definition) is 10. The van der Waals surface area contributed by atoms with Crippen LogP contribution < -0.4 is 29.7 Å². The van der Waals surface area contributed by atoms with Crippen molar-refractivity contribution in [1.82, 2.24) is 9.97 Å². The largest absolute Gasteiger partial charge is 0.542 e. The zero-order valence-corrected chi connectivity index (χ0v) is 39.7. The minimum absolute atomic E-state index is 0. The number of nitrogens with one attached hydrogen (secondary N) is 1. The van der Waals surface area contributed by atoms with Crippen LogP contribution in [0.1, 0.15) is 74.7 Å². The summed E-state index contributed by atoms with van der Waals surface area (Å²) in [6.07, 6.45) is 4.52. The van der Waals surface area contributed by atoms with Crippen LogP contribution in [-0.4, -0.2) is 76.2 Å². The molecule has 0 saturated carbocycles. The molecule has 0 bridgehead atoms. The van der Waals surface area contributed by atoms with E-state index in [1.807, 2.05) is 15.9 Å². The van der Waals surface area contributed by atoms with E-state index < -0.39 is 46.0 Å². The molecule has 0 unspecified atom stereocenters. The van der Waals surface area contributed by atoms with E-state index in [1.165, 1.54) is 24.3 Å². The molecule has 2 saturated heterocycles. The Morgan fingerprint density at radius 2 is 1.13 bits per heavy atom. The van der Waals surface area contributed by atoms with Crippen LogP contribution in [0.4, 0.5) is 45.4 Å². The first-order valence-electron chi connectivity index (χ1n) is 20.9. The number of aromatic nitrogens is 2. The van der Waals surface area contributed by atoms with E-state index in [1.54, 1.807) is 30.6 Å². The molecule has 348 valence electrons. The molecule has 2 aliphatic heterocycles. The number of nitrogens with zero attached hydrogens (tertiary/aromatic N) is 4. The smallest absolute Gasteiger partial charge is 0.413 e. The van der Waals surface area contributed by atoms with Gasteiger partial charge in [-0.15, -0.1) is 0 Å². The number of benzene rings is 2. The Kier molecular flexibility index (Phi) is 18.4. The molecule has 4 heterocycles. The second-order valence-corrected chi connectivity index (χ2v) is 28.1. The standard InChI is InChI=1S/C23H31F2N3O3Si.C11H13F2NO.C11H20N2OSi.CH4/c1-23(2,3)32(4,5)31-18-7-9-21(26-15-18)27-22(29)30-17-10-12-28(13-11-17)20-8-6-16(24)14-19(20)25;12-8-1-2-11(10(13)7-8)14-5-3-9(15)4-6-14;1-11(2,3)15(4,5)14-9-6-7-10(12)13-8-9;/h6-9,14-15,17H,10-13H2,1-5H3,(H,26,27,29);1-2,7,9,15H,3-6H2;6-8H,1-5H3,(H2,12,13);1H4. The average Bonchev–Trinajstić information content (AvgIpc) is 3.17. The number of pyridine rings is 2. The van der Waals surface area contributed by atoms with E-state index in [-0.39, 0.29) is 29.7 Å². The van der Waals surface area contributed by atoms with Gasteiger partial charge in [-0.25, -0.2) is 32.3 Å². The number of carbonyl (C=O) groups is 1. The second kappa shape index (κ2) is 22.2. The maximum absolute atomic E-state index is 14.0. The normalized spacial score (nSPS) is 15.2. The summed E-state index contributed by atoms with van der Waals surface area (Å²) >= 11 is 0. The zero-order chi connectivity index (χ0) is 46.0. The molecule has 63 heavy (non-hydrogen) atoms. The minimum atomic E-state index is -1.96. The van der Waals surface area contributed by atoms with E-state index in [9.17, 15) is 27.5 Å². The highest BCUT2D eigenvalue weighted by Crippen LogP contribution is 2.38. The summed E-state index contributed by atoms with van der Waals surface area (Å²) < 4.78 is 70.9. The molecule has 2 fully saturated rings. The summed E-state index contributed by atoms with van der Waals surface area (Å²) in [4.78, 5) is 24.2. The van der Waals surface area contributed by atoms with Gasteiger partial charge in [0.2, 0.25) is 0 Å². The van der Waals surface area contributed by atoms with Crippen LogP contribution >= 0.6 is 0 Å². The first-order valence-corrected chi connectivity index (χ1v) is 26.8. The van der Waals surface area contributed by atoms with E-state index >= 15 is 0 Å². The van der Waals surface area contributed by atoms with Gasteiger partial charge in [0.05, 0.1) is 29.9 Å². The average molecular weight is 917 g/mol. The fraction of sp³-hybridized carbons (Fsp3) is 0.500. The molecule has 2 aliphatic rings. The third-order valence-corrected chi connectivity index (χ3v) is 20.5. The van der Waals surface area contributed by atoms with Crippen LogP contribution in [0.2, 0.25) is 36.3 Å². The molecule has 0 radical (unpaired) electrons. The van der Waals surface area contributed by atoms with Crippen LogP contribution in [0.3, 0.4) is 0 Å². The van der Waals surface area contributed by atoms with Gasteiger partial charge in [0, 0.05) is 51.2 Å².